The Balaban J connectivity index is 1.56. The second-order valence-corrected chi connectivity index (χ2v) is 7.15. The van der Waals surface area contributed by atoms with Gasteiger partial charge in [-0.05, 0) is 49.2 Å². The highest BCUT2D eigenvalue weighted by molar-refractivity contribution is 7.22. The first-order valence-electron chi connectivity index (χ1n) is 8.91. The minimum atomic E-state index is -0.164. The number of aromatic nitrogens is 1. The van der Waals surface area contributed by atoms with Gasteiger partial charge in [-0.15, -0.1) is 0 Å². The van der Waals surface area contributed by atoms with Crippen LogP contribution in [-0.4, -0.2) is 30.2 Å². The van der Waals surface area contributed by atoms with Crippen LogP contribution in [0.25, 0.3) is 10.2 Å². The lowest BCUT2D eigenvalue weighted by atomic mass is 10.1. The van der Waals surface area contributed by atoms with Crippen LogP contribution in [-0.2, 0) is 11.2 Å². The summed E-state index contributed by atoms with van der Waals surface area (Å²) >= 11 is 1.42. The summed E-state index contributed by atoms with van der Waals surface area (Å²) in [6, 6.07) is 13.8. The van der Waals surface area contributed by atoms with Crippen molar-refractivity contribution in [2.45, 2.75) is 20.3 Å². The number of hydrazone groups is 1. The number of hydrogen-bond acceptors (Lipinski definition) is 6. The van der Waals surface area contributed by atoms with Gasteiger partial charge >= 0.3 is 0 Å². The van der Waals surface area contributed by atoms with Gasteiger partial charge in [-0.1, -0.05) is 29.5 Å². The highest BCUT2D eigenvalue weighted by Crippen LogP contribution is 2.24. The van der Waals surface area contributed by atoms with Crippen molar-refractivity contribution >= 4 is 44.5 Å². The SMILES string of the molecule is CCN(CC)c1ccc(/C=N\NC(=O)Cc2ccc3nc(N)sc3c2)cc1. The minimum absolute atomic E-state index is 0.164. The van der Waals surface area contributed by atoms with Gasteiger partial charge in [0, 0.05) is 18.8 Å². The molecule has 1 aromatic heterocycles. The van der Waals surface area contributed by atoms with Crippen molar-refractivity contribution in [1.29, 1.82) is 0 Å². The number of nitrogens with zero attached hydrogens (tertiary/aromatic N) is 3. The molecule has 0 saturated heterocycles. The van der Waals surface area contributed by atoms with Crippen LogP contribution in [0.5, 0.6) is 0 Å². The Morgan fingerprint density at radius 1 is 1.22 bits per heavy atom. The third kappa shape index (κ3) is 4.83. The molecule has 0 bridgehead atoms. The summed E-state index contributed by atoms with van der Waals surface area (Å²) in [4.78, 5) is 18.6. The molecule has 1 heterocycles. The fourth-order valence-electron chi connectivity index (χ4n) is 2.86. The highest BCUT2D eigenvalue weighted by atomic mass is 32.1. The summed E-state index contributed by atoms with van der Waals surface area (Å²) in [6.45, 7) is 6.21. The molecule has 3 rings (SSSR count). The van der Waals surface area contributed by atoms with Gasteiger partial charge in [0.25, 0.3) is 0 Å². The van der Waals surface area contributed by atoms with E-state index in [1.165, 1.54) is 17.0 Å². The minimum Gasteiger partial charge on any atom is -0.375 e. The molecule has 7 heteroatoms. The van der Waals surface area contributed by atoms with E-state index in [9.17, 15) is 4.79 Å². The number of fused-ring (bicyclic) bond motifs is 1. The van der Waals surface area contributed by atoms with Crippen LogP contribution in [0.15, 0.2) is 47.6 Å². The zero-order valence-corrected chi connectivity index (χ0v) is 16.3. The Labute approximate surface area is 162 Å². The molecule has 0 radical (unpaired) electrons. The van der Waals surface area contributed by atoms with Crippen molar-refractivity contribution < 1.29 is 4.79 Å². The van der Waals surface area contributed by atoms with Crippen molar-refractivity contribution in [2.24, 2.45) is 5.10 Å². The Hall–Kier alpha value is -2.93. The lowest BCUT2D eigenvalue weighted by Gasteiger charge is -2.20. The van der Waals surface area contributed by atoms with Crippen molar-refractivity contribution in [1.82, 2.24) is 10.4 Å². The van der Waals surface area contributed by atoms with Crippen molar-refractivity contribution in [3.63, 3.8) is 0 Å². The number of carbonyl (C=O) groups is 1. The number of nitrogens with one attached hydrogen (secondary N) is 1. The Morgan fingerprint density at radius 3 is 2.67 bits per heavy atom. The quantitative estimate of drug-likeness (QED) is 0.485. The second-order valence-electron chi connectivity index (χ2n) is 6.09. The summed E-state index contributed by atoms with van der Waals surface area (Å²) in [5.74, 6) is -0.164. The molecule has 0 fully saturated rings. The molecule has 3 N–H and O–H groups in total. The summed E-state index contributed by atoms with van der Waals surface area (Å²) in [7, 11) is 0. The fourth-order valence-corrected chi connectivity index (χ4v) is 3.66. The van der Waals surface area contributed by atoms with Crippen LogP contribution < -0.4 is 16.1 Å². The zero-order valence-electron chi connectivity index (χ0n) is 15.5. The van der Waals surface area contributed by atoms with E-state index in [0.717, 1.165) is 34.4 Å². The third-order valence-corrected chi connectivity index (χ3v) is 5.11. The van der Waals surface area contributed by atoms with E-state index in [-0.39, 0.29) is 12.3 Å². The first-order valence-corrected chi connectivity index (χ1v) is 9.72. The van der Waals surface area contributed by atoms with Gasteiger partial charge in [-0.3, -0.25) is 4.79 Å². The maximum Gasteiger partial charge on any atom is 0.244 e. The number of nitrogen functional groups attached to an aromatic ring is 1. The van der Waals surface area contributed by atoms with E-state index in [0.29, 0.717) is 5.13 Å². The molecule has 140 valence electrons. The van der Waals surface area contributed by atoms with E-state index in [2.05, 4.69) is 46.4 Å². The van der Waals surface area contributed by atoms with Gasteiger partial charge in [0.05, 0.1) is 22.9 Å². The maximum absolute atomic E-state index is 12.1. The molecule has 0 aliphatic rings. The smallest absolute Gasteiger partial charge is 0.244 e. The van der Waals surface area contributed by atoms with Crippen LogP contribution >= 0.6 is 11.3 Å². The van der Waals surface area contributed by atoms with Crippen LogP contribution in [0.4, 0.5) is 10.8 Å². The maximum atomic E-state index is 12.1. The number of nitrogens with two attached hydrogens (primary N) is 1. The summed E-state index contributed by atoms with van der Waals surface area (Å²) in [5.41, 5.74) is 12.2. The predicted molar refractivity (Wildman–Crippen MR) is 113 cm³/mol. The average Bonchev–Trinajstić information content (AvgIpc) is 3.03. The van der Waals surface area contributed by atoms with Gasteiger partial charge in [-0.2, -0.15) is 5.10 Å². The van der Waals surface area contributed by atoms with Gasteiger partial charge < -0.3 is 10.6 Å². The molecule has 27 heavy (non-hydrogen) atoms. The second kappa shape index (κ2) is 8.64. The fraction of sp³-hybridized carbons (Fsp3) is 0.250. The number of anilines is 2. The third-order valence-electron chi connectivity index (χ3n) is 4.26. The summed E-state index contributed by atoms with van der Waals surface area (Å²) in [5, 5.41) is 4.58. The molecule has 0 aliphatic heterocycles. The number of rotatable bonds is 7. The van der Waals surface area contributed by atoms with Crippen LogP contribution in [0.2, 0.25) is 0 Å². The monoisotopic (exact) mass is 381 g/mol. The van der Waals surface area contributed by atoms with Crippen molar-refractivity contribution in [3.05, 3.63) is 53.6 Å². The van der Waals surface area contributed by atoms with E-state index in [1.54, 1.807) is 6.21 Å². The van der Waals surface area contributed by atoms with Gasteiger partial charge in [0.2, 0.25) is 5.91 Å². The molecule has 2 aromatic carbocycles. The van der Waals surface area contributed by atoms with Crippen molar-refractivity contribution in [2.75, 3.05) is 23.7 Å². The van der Waals surface area contributed by atoms with E-state index in [4.69, 9.17) is 5.73 Å². The van der Waals surface area contributed by atoms with Crippen LogP contribution in [0.3, 0.4) is 0 Å². The lowest BCUT2D eigenvalue weighted by molar-refractivity contribution is -0.120. The number of carbonyl (C=O) groups excluding carboxylic acids is 1. The number of amides is 1. The molecule has 6 nitrogen and oxygen atoms in total. The van der Waals surface area contributed by atoms with Gasteiger partial charge in [0.15, 0.2) is 5.13 Å². The Morgan fingerprint density at radius 2 is 1.96 bits per heavy atom. The Bertz CT molecular complexity index is 945. The molecule has 0 saturated carbocycles. The largest absolute Gasteiger partial charge is 0.375 e. The molecule has 0 aliphatic carbocycles. The molecular weight excluding hydrogens is 358 g/mol. The van der Waals surface area contributed by atoms with E-state index >= 15 is 0 Å². The summed E-state index contributed by atoms with van der Waals surface area (Å²) < 4.78 is 0.981. The molecule has 1 amide bonds. The van der Waals surface area contributed by atoms with E-state index < -0.39 is 0 Å². The van der Waals surface area contributed by atoms with Crippen LogP contribution in [0.1, 0.15) is 25.0 Å². The zero-order chi connectivity index (χ0) is 19.2. The molecule has 3 aromatic rings. The van der Waals surface area contributed by atoms with E-state index in [1.807, 2.05) is 30.3 Å². The normalized spacial score (nSPS) is 11.2. The van der Waals surface area contributed by atoms with Crippen molar-refractivity contribution in [3.8, 4) is 0 Å². The highest BCUT2D eigenvalue weighted by Gasteiger charge is 2.06. The molecule has 0 atom stereocenters. The Kier molecular flexibility index (Phi) is 6.03. The average molecular weight is 382 g/mol. The lowest BCUT2D eigenvalue weighted by Crippen LogP contribution is -2.21. The van der Waals surface area contributed by atoms with Crippen LogP contribution in [0, 0.1) is 0 Å². The first kappa shape index (κ1) is 18.8. The number of hydrogen-bond donors (Lipinski definition) is 2. The van der Waals surface area contributed by atoms with Gasteiger partial charge in [0.1, 0.15) is 0 Å². The predicted octanol–water partition coefficient (Wildman–Crippen LogP) is 3.42. The number of benzene rings is 2. The van der Waals surface area contributed by atoms with Gasteiger partial charge in [-0.25, -0.2) is 10.4 Å². The standard InChI is InChI=1S/C20H23N5OS/c1-3-25(4-2)16-8-5-14(6-9-16)13-22-24-19(26)12-15-7-10-17-18(11-15)27-20(21)23-17/h5-11,13H,3-4,12H2,1-2H3,(H2,21,23)(H,24,26)/b22-13-. The topological polar surface area (TPSA) is 83.6 Å². The first-order chi connectivity index (χ1) is 13.1. The molecule has 0 spiro atoms. The summed E-state index contributed by atoms with van der Waals surface area (Å²) in [6.07, 6.45) is 1.91. The molecular formula is C20H23N5OS. The molecule has 0 unspecified atom stereocenters. The number of thiazole rings is 1.